The topological polar surface area (TPSA) is 9.23 Å². The highest BCUT2D eigenvalue weighted by atomic mass is 35.5. The maximum Gasteiger partial charge on any atom is 0.0499 e. The lowest BCUT2D eigenvalue weighted by molar-refractivity contribution is 0.168. The Kier molecular flexibility index (Phi) is 4.57. The molecule has 0 rings (SSSR count). The molecule has 0 aliphatic heterocycles. The fourth-order valence-electron chi connectivity index (χ4n) is 0.329. The number of hydrogen-bond donors (Lipinski definition) is 0. The zero-order valence-corrected chi connectivity index (χ0v) is 5.53. The van der Waals surface area contributed by atoms with Gasteiger partial charge < -0.3 is 4.74 Å². The molecule has 0 unspecified atom stereocenters. The Morgan fingerprint density at radius 3 is 2.43 bits per heavy atom. The Morgan fingerprint density at radius 2 is 2.29 bits per heavy atom. The van der Waals surface area contributed by atoms with Gasteiger partial charge in [-0.15, -0.1) is 11.6 Å². The maximum atomic E-state index is 5.45. The van der Waals surface area contributed by atoms with Crippen molar-refractivity contribution in [1.82, 2.24) is 0 Å². The van der Waals surface area contributed by atoms with Gasteiger partial charge in [-0.25, -0.2) is 0 Å². The third kappa shape index (κ3) is 4.10. The fourth-order valence-corrected chi connectivity index (χ4v) is 0.418. The molecule has 0 fully saturated rings. The second-order valence-corrected chi connectivity index (χ2v) is 2.02. The van der Waals surface area contributed by atoms with Crippen LogP contribution < -0.4 is 0 Å². The predicted molar refractivity (Wildman–Crippen MR) is 31.8 cm³/mol. The minimum absolute atomic E-state index is 0.492. The molecule has 2 heteroatoms. The summed E-state index contributed by atoms with van der Waals surface area (Å²) in [5.41, 5.74) is 0. The molecule has 0 aliphatic carbocycles. The summed E-state index contributed by atoms with van der Waals surface area (Å²) in [6, 6.07) is 0. The molecule has 0 aliphatic rings. The third-order valence-corrected chi connectivity index (χ3v) is 1.24. The van der Waals surface area contributed by atoms with Crippen LogP contribution in [0.1, 0.15) is 6.92 Å². The van der Waals surface area contributed by atoms with Crippen molar-refractivity contribution in [3.63, 3.8) is 0 Å². The highest BCUT2D eigenvalue weighted by molar-refractivity contribution is 6.18. The van der Waals surface area contributed by atoms with E-state index in [4.69, 9.17) is 16.3 Å². The molecule has 44 valence electrons. The smallest absolute Gasteiger partial charge is 0.0499 e. The first-order valence-electron chi connectivity index (χ1n) is 2.36. The highest BCUT2D eigenvalue weighted by Crippen LogP contribution is 1.95. The standard InChI is InChI=1S/C5H11ClO/c1-5(3-6)4-7-2/h5H,3-4H2,1-2H3/t5-/m1/s1. The van der Waals surface area contributed by atoms with Crippen LogP contribution in [0.4, 0.5) is 0 Å². The average molecular weight is 123 g/mol. The molecule has 0 aromatic carbocycles. The Hall–Kier alpha value is 0.250. The van der Waals surface area contributed by atoms with Crippen molar-refractivity contribution in [2.24, 2.45) is 5.92 Å². The molecule has 1 nitrogen and oxygen atoms in total. The van der Waals surface area contributed by atoms with Gasteiger partial charge in [0, 0.05) is 19.6 Å². The van der Waals surface area contributed by atoms with Crippen molar-refractivity contribution in [2.45, 2.75) is 6.92 Å². The van der Waals surface area contributed by atoms with Gasteiger partial charge in [0.15, 0.2) is 0 Å². The van der Waals surface area contributed by atoms with Gasteiger partial charge in [0.1, 0.15) is 0 Å². The van der Waals surface area contributed by atoms with Crippen LogP contribution in [0.25, 0.3) is 0 Å². The van der Waals surface area contributed by atoms with Crippen molar-refractivity contribution in [1.29, 1.82) is 0 Å². The molecule has 0 saturated carbocycles. The van der Waals surface area contributed by atoms with Gasteiger partial charge in [-0.05, 0) is 5.92 Å². The predicted octanol–water partition coefficient (Wildman–Crippen LogP) is 1.51. The van der Waals surface area contributed by atoms with Crippen molar-refractivity contribution in [3.05, 3.63) is 0 Å². The SMILES string of the molecule is COC[C@H](C)CCl. The number of hydrogen-bond acceptors (Lipinski definition) is 1. The first-order valence-corrected chi connectivity index (χ1v) is 2.89. The quantitative estimate of drug-likeness (QED) is 0.516. The van der Waals surface area contributed by atoms with E-state index < -0.39 is 0 Å². The van der Waals surface area contributed by atoms with E-state index in [9.17, 15) is 0 Å². The van der Waals surface area contributed by atoms with E-state index in [2.05, 4.69) is 6.92 Å². The summed E-state index contributed by atoms with van der Waals surface area (Å²) in [5, 5.41) is 0. The summed E-state index contributed by atoms with van der Waals surface area (Å²) < 4.78 is 4.81. The van der Waals surface area contributed by atoms with E-state index >= 15 is 0 Å². The summed E-state index contributed by atoms with van der Waals surface area (Å²) in [5.74, 6) is 1.18. The van der Waals surface area contributed by atoms with Crippen LogP contribution in [0.5, 0.6) is 0 Å². The van der Waals surface area contributed by atoms with Crippen LogP contribution in [0.2, 0.25) is 0 Å². The largest absolute Gasteiger partial charge is 0.384 e. The Morgan fingerprint density at radius 1 is 1.71 bits per heavy atom. The lowest BCUT2D eigenvalue weighted by Gasteiger charge is -2.02. The second-order valence-electron chi connectivity index (χ2n) is 1.71. The molecular formula is C5H11ClO. The molecule has 0 amide bonds. The molecule has 0 N–H and O–H groups in total. The third-order valence-electron chi connectivity index (χ3n) is 0.715. The maximum absolute atomic E-state index is 5.45. The normalized spacial score (nSPS) is 14.1. The Bertz CT molecular complexity index is 39.1. The molecule has 1 atom stereocenters. The first kappa shape index (κ1) is 7.25. The molecule has 0 aromatic rings. The van der Waals surface area contributed by atoms with Crippen LogP contribution in [0.3, 0.4) is 0 Å². The lowest BCUT2D eigenvalue weighted by atomic mass is 10.2. The van der Waals surface area contributed by atoms with Gasteiger partial charge in [-0.2, -0.15) is 0 Å². The molecule has 0 aromatic heterocycles. The van der Waals surface area contributed by atoms with Crippen molar-refractivity contribution >= 4 is 11.6 Å². The van der Waals surface area contributed by atoms with Crippen LogP contribution in [0, 0.1) is 5.92 Å². The van der Waals surface area contributed by atoms with Crippen LogP contribution in [0.15, 0.2) is 0 Å². The van der Waals surface area contributed by atoms with E-state index in [1.54, 1.807) is 7.11 Å². The van der Waals surface area contributed by atoms with Gasteiger partial charge in [-0.3, -0.25) is 0 Å². The van der Waals surface area contributed by atoms with Gasteiger partial charge in [0.05, 0.1) is 0 Å². The van der Waals surface area contributed by atoms with Gasteiger partial charge in [-0.1, -0.05) is 6.92 Å². The van der Waals surface area contributed by atoms with E-state index in [1.807, 2.05) is 0 Å². The van der Waals surface area contributed by atoms with E-state index in [-0.39, 0.29) is 0 Å². The van der Waals surface area contributed by atoms with Crippen molar-refractivity contribution < 1.29 is 4.74 Å². The Labute approximate surface area is 49.6 Å². The minimum Gasteiger partial charge on any atom is -0.384 e. The molecule has 0 spiro atoms. The molecule has 0 radical (unpaired) electrons. The lowest BCUT2D eigenvalue weighted by Crippen LogP contribution is -2.03. The van der Waals surface area contributed by atoms with Gasteiger partial charge in [0.25, 0.3) is 0 Å². The van der Waals surface area contributed by atoms with Crippen LogP contribution in [-0.2, 0) is 4.74 Å². The Balaban J connectivity index is 2.83. The van der Waals surface area contributed by atoms with Crippen LogP contribution in [-0.4, -0.2) is 19.6 Å². The summed E-state index contributed by atoms with van der Waals surface area (Å²) in [6.07, 6.45) is 0. The second kappa shape index (κ2) is 4.41. The molecule has 7 heavy (non-hydrogen) atoms. The molecular weight excluding hydrogens is 112 g/mol. The number of ether oxygens (including phenoxy) is 1. The highest BCUT2D eigenvalue weighted by Gasteiger charge is 1.94. The average Bonchev–Trinajstić information content (AvgIpc) is 1.68. The minimum atomic E-state index is 0.492. The number of alkyl halides is 1. The molecule has 0 heterocycles. The summed E-state index contributed by atoms with van der Waals surface area (Å²) in [7, 11) is 1.68. The monoisotopic (exact) mass is 122 g/mol. The van der Waals surface area contributed by atoms with Gasteiger partial charge >= 0.3 is 0 Å². The first-order chi connectivity index (χ1) is 3.31. The molecule has 0 bridgehead atoms. The van der Waals surface area contributed by atoms with E-state index in [0.717, 1.165) is 6.61 Å². The van der Waals surface area contributed by atoms with E-state index in [0.29, 0.717) is 11.8 Å². The van der Waals surface area contributed by atoms with Crippen molar-refractivity contribution in [2.75, 3.05) is 19.6 Å². The van der Waals surface area contributed by atoms with Gasteiger partial charge in [0.2, 0.25) is 0 Å². The van der Waals surface area contributed by atoms with Crippen molar-refractivity contribution in [3.8, 4) is 0 Å². The number of methoxy groups -OCH3 is 1. The number of rotatable bonds is 3. The van der Waals surface area contributed by atoms with E-state index in [1.165, 1.54) is 0 Å². The number of halogens is 1. The van der Waals surface area contributed by atoms with Crippen LogP contribution >= 0.6 is 11.6 Å². The zero-order valence-electron chi connectivity index (χ0n) is 4.78. The fraction of sp³-hybridized carbons (Fsp3) is 1.00. The summed E-state index contributed by atoms with van der Waals surface area (Å²) >= 11 is 5.45. The zero-order chi connectivity index (χ0) is 5.70. The molecule has 0 saturated heterocycles. The summed E-state index contributed by atoms with van der Waals surface area (Å²) in [6.45, 7) is 2.82. The summed E-state index contributed by atoms with van der Waals surface area (Å²) in [4.78, 5) is 0.